The van der Waals surface area contributed by atoms with Crippen LogP contribution in [0.5, 0.6) is 0 Å². The summed E-state index contributed by atoms with van der Waals surface area (Å²) in [6, 6.07) is 3.23. The summed E-state index contributed by atoms with van der Waals surface area (Å²) in [5.74, 6) is -3.29. The van der Waals surface area contributed by atoms with Crippen LogP contribution in [-0.4, -0.2) is 37.0 Å². The fourth-order valence-electron chi connectivity index (χ4n) is 1.26. The summed E-state index contributed by atoms with van der Waals surface area (Å²) in [6.07, 6.45) is -8.19. The Hall–Kier alpha value is -1.03. The van der Waals surface area contributed by atoms with E-state index in [1.54, 1.807) is 0 Å². The monoisotopic (exact) mass is 366 g/mol. The van der Waals surface area contributed by atoms with Crippen molar-refractivity contribution >= 4 is 39.3 Å². The molecule has 0 aromatic heterocycles. The van der Waals surface area contributed by atoms with Crippen LogP contribution < -0.4 is 0 Å². The first-order valence-electron chi connectivity index (χ1n) is 5.07. The third kappa shape index (κ3) is 6.08. The lowest BCUT2D eigenvalue weighted by Crippen LogP contribution is -2.39. The summed E-state index contributed by atoms with van der Waals surface area (Å²) >= 11 is 11.2. The molecule has 0 aliphatic heterocycles. The first-order valence-corrected chi connectivity index (χ1v) is 7.44. The van der Waals surface area contributed by atoms with Gasteiger partial charge in [0.2, 0.25) is 6.10 Å². The molecule has 5 nitrogen and oxygen atoms in total. The zero-order valence-electron chi connectivity index (χ0n) is 9.89. The number of benzene rings is 1. The number of carbonyl (C=O) groups excluding carboxylic acids is 1. The molecular weight excluding hydrogens is 360 g/mol. The zero-order chi connectivity index (χ0) is 16.4. The number of hydrogen-bond acceptors (Lipinski definition) is 4. The second kappa shape index (κ2) is 6.39. The van der Waals surface area contributed by atoms with Gasteiger partial charge in [0, 0.05) is 10.0 Å². The number of esters is 1. The topological polar surface area (TPSA) is 80.7 Å². The van der Waals surface area contributed by atoms with E-state index in [-0.39, 0.29) is 10.0 Å². The number of hydrogen-bond donors (Lipinski definition) is 1. The summed E-state index contributed by atoms with van der Waals surface area (Å²) in [6.45, 7) is 0. The van der Waals surface area contributed by atoms with Crippen molar-refractivity contribution in [3.05, 3.63) is 33.8 Å². The average molecular weight is 367 g/mol. The Morgan fingerprint density at radius 1 is 1.24 bits per heavy atom. The second-order valence-corrected chi connectivity index (χ2v) is 6.21. The fraction of sp³-hybridized carbons (Fsp3) is 0.300. The largest absolute Gasteiger partial charge is 0.448 e. The van der Waals surface area contributed by atoms with Crippen molar-refractivity contribution in [1.29, 1.82) is 0 Å². The van der Waals surface area contributed by atoms with E-state index in [4.69, 9.17) is 27.8 Å². The lowest BCUT2D eigenvalue weighted by atomic mass is 10.2. The van der Waals surface area contributed by atoms with Crippen LogP contribution in [0.4, 0.5) is 13.2 Å². The summed E-state index contributed by atoms with van der Waals surface area (Å²) in [4.78, 5) is 11.6. The van der Waals surface area contributed by atoms with E-state index < -0.39 is 39.7 Å². The van der Waals surface area contributed by atoms with Crippen LogP contribution in [0.25, 0.3) is 0 Å². The lowest BCUT2D eigenvalue weighted by molar-refractivity contribution is -0.197. The molecule has 11 heteroatoms. The van der Waals surface area contributed by atoms with Crippen LogP contribution in [0.2, 0.25) is 10.0 Å². The van der Waals surface area contributed by atoms with Gasteiger partial charge in [0.15, 0.2) is 0 Å². The van der Waals surface area contributed by atoms with Crippen LogP contribution in [0.15, 0.2) is 18.2 Å². The molecule has 0 saturated carbocycles. The zero-order valence-corrected chi connectivity index (χ0v) is 12.2. The Bertz CT molecular complexity index is 624. The van der Waals surface area contributed by atoms with Crippen molar-refractivity contribution in [1.82, 2.24) is 0 Å². The van der Waals surface area contributed by atoms with Gasteiger partial charge in [-0.25, -0.2) is 4.79 Å². The molecule has 1 atom stereocenters. The van der Waals surface area contributed by atoms with Crippen molar-refractivity contribution in [2.24, 2.45) is 0 Å². The maximum atomic E-state index is 12.6. The second-order valence-electron chi connectivity index (χ2n) is 3.84. The first-order chi connectivity index (χ1) is 9.38. The highest BCUT2D eigenvalue weighted by Gasteiger charge is 2.45. The quantitative estimate of drug-likeness (QED) is 0.654. The van der Waals surface area contributed by atoms with Crippen LogP contribution in [0.3, 0.4) is 0 Å². The van der Waals surface area contributed by atoms with Crippen LogP contribution in [-0.2, 0) is 14.9 Å². The molecular formula is C10H7Cl2F3O5S. The maximum Gasteiger partial charge on any atom is 0.426 e. The molecule has 1 aromatic rings. The predicted molar refractivity (Wildman–Crippen MR) is 68.1 cm³/mol. The Morgan fingerprint density at radius 3 is 2.10 bits per heavy atom. The van der Waals surface area contributed by atoms with Gasteiger partial charge >= 0.3 is 12.1 Å². The molecule has 0 radical (unpaired) electrons. The van der Waals surface area contributed by atoms with Gasteiger partial charge in [0.05, 0.1) is 5.56 Å². The van der Waals surface area contributed by atoms with E-state index in [1.165, 1.54) is 6.07 Å². The standard InChI is InChI=1S/C10H7Cl2F3O5S/c11-6-1-5(2-7(12)3-6)9(16)20-8(10(13,14)15)4-21(17,18)19/h1-3,8H,4H2,(H,17,18,19). The first kappa shape index (κ1) is 18.0. The molecule has 0 fully saturated rings. The molecule has 1 aromatic carbocycles. The molecule has 21 heavy (non-hydrogen) atoms. The number of halogens is 5. The number of ether oxygens (including phenoxy) is 1. The van der Waals surface area contributed by atoms with Gasteiger partial charge in [0.25, 0.3) is 10.1 Å². The average Bonchev–Trinajstić information content (AvgIpc) is 2.23. The SMILES string of the molecule is O=C(OC(CS(=O)(=O)O)C(F)(F)F)c1cc(Cl)cc(Cl)c1. The number of rotatable bonds is 4. The van der Waals surface area contributed by atoms with Crippen LogP contribution in [0, 0.1) is 0 Å². The molecule has 0 aliphatic rings. The van der Waals surface area contributed by atoms with Crippen molar-refractivity contribution in [2.45, 2.75) is 12.3 Å². The highest BCUT2D eigenvalue weighted by atomic mass is 35.5. The van der Waals surface area contributed by atoms with Gasteiger partial charge in [-0.2, -0.15) is 21.6 Å². The number of carbonyl (C=O) groups is 1. The van der Waals surface area contributed by atoms with Gasteiger partial charge in [0.1, 0.15) is 5.75 Å². The molecule has 0 heterocycles. The van der Waals surface area contributed by atoms with E-state index in [1.807, 2.05) is 0 Å². The van der Waals surface area contributed by atoms with Crippen molar-refractivity contribution in [3.8, 4) is 0 Å². The fourth-order valence-corrected chi connectivity index (χ4v) is 2.42. The molecule has 0 aliphatic carbocycles. The number of alkyl halides is 3. The minimum Gasteiger partial charge on any atom is -0.448 e. The van der Waals surface area contributed by atoms with Crippen molar-refractivity contribution in [3.63, 3.8) is 0 Å². The lowest BCUT2D eigenvalue weighted by Gasteiger charge is -2.19. The van der Waals surface area contributed by atoms with Crippen molar-refractivity contribution < 1.29 is 35.7 Å². The molecule has 0 bridgehead atoms. The molecule has 118 valence electrons. The molecule has 0 spiro atoms. The molecule has 0 amide bonds. The van der Waals surface area contributed by atoms with E-state index in [0.29, 0.717) is 0 Å². The maximum absolute atomic E-state index is 12.6. The minimum atomic E-state index is -5.17. The highest BCUT2D eigenvalue weighted by molar-refractivity contribution is 7.85. The van der Waals surface area contributed by atoms with E-state index in [9.17, 15) is 26.4 Å². The van der Waals surface area contributed by atoms with Gasteiger partial charge < -0.3 is 4.74 Å². The van der Waals surface area contributed by atoms with Gasteiger partial charge in [-0.3, -0.25) is 4.55 Å². The smallest absolute Gasteiger partial charge is 0.426 e. The van der Waals surface area contributed by atoms with Gasteiger partial charge in [-0.1, -0.05) is 23.2 Å². The van der Waals surface area contributed by atoms with E-state index >= 15 is 0 Å². The highest BCUT2D eigenvalue weighted by Crippen LogP contribution is 2.26. The summed E-state index contributed by atoms with van der Waals surface area (Å²) in [5.41, 5.74) is -0.392. The third-order valence-corrected chi connectivity index (χ3v) is 3.24. The van der Waals surface area contributed by atoms with Crippen molar-refractivity contribution in [2.75, 3.05) is 5.75 Å². The molecule has 1 rings (SSSR count). The van der Waals surface area contributed by atoms with E-state index in [2.05, 4.69) is 4.74 Å². The summed E-state index contributed by atoms with van der Waals surface area (Å²) in [7, 11) is -5.00. The molecule has 1 N–H and O–H groups in total. The van der Waals surface area contributed by atoms with Gasteiger partial charge in [-0.05, 0) is 18.2 Å². The Morgan fingerprint density at radius 2 is 1.71 bits per heavy atom. The molecule has 0 saturated heterocycles. The van der Waals surface area contributed by atoms with Gasteiger partial charge in [-0.15, -0.1) is 0 Å². The minimum absolute atomic E-state index is 0.0206. The Labute approximate surface area is 127 Å². The summed E-state index contributed by atoms with van der Waals surface area (Å²) in [5, 5.41) is -0.0411. The van der Waals surface area contributed by atoms with Crippen LogP contribution in [0.1, 0.15) is 10.4 Å². The summed E-state index contributed by atoms with van der Waals surface area (Å²) < 4.78 is 71.3. The Balaban J connectivity index is 3.00. The molecule has 1 unspecified atom stereocenters. The van der Waals surface area contributed by atoms with E-state index in [0.717, 1.165) is 12.1 Å². The predicted octanol–water partition coefficient (Wildman–Crippen LogP) is 2.97. The normalized spacial score (nSPS) is 13.8. The third-order valence-electron chi connectivity index (χ3n) is 2.07. The Kier molecular flexibility index (Phi) is 5.48. The van der Waals surface area contributed by atoms with Crippen LogP contribution >= 0.6 is 23.2 Å².